The molecular weight excluding hydrogens is 186 g/mol. The monoisotopic (exact) mass is 195 g/mol. The predicted molar refractivity (Wildman–Crippen MR) is 47.5 cm³/mol. The van der Waals surface area contributed by atoms with E-state index in [1.165, 1.54) is 6.33 Å². The van der Waals surface area contributed by atoms with Crippen LogP contribution < -0.4 is 10.5 Å². The molecule has 2 rings (SSSR count). The molecule has 14 heavy (non-hydrogen) atoms. The van der Waals surface area contributed by atoms with Crippen molar-refractivity contribution in [2.45, 2.75) is 19.9 Å². The number of nitrogens with one attached hydrogen (secondary N) is 1. The molecule has 0 unspecified atom stereocenters. The van der Waals surface area contributed by atoms with Crippen LogP contribution in [0.5, 0.6) is 0 Å². The molecule has 7 nitrogen and oxygen atoms in total. The first-order chi connectivity index (χ1) is 6.59. The number of imidazole rings is 1. The van der Waals surface area contributed by atoms with E-state index in [9.17, 15) is 10.0 Å². The van der Waals surface area contributed by atoms with Gasteiger partial charge in [-0.1, -0.05) is 5.10 Å². The topological polar surface area (TPSA) is 90.5 Å². The van der Waals surface area contributed by atoms with Gasteiger partial charge in [0.15, 0.2) is 5.52 Å². The molecule has 0 spiro atoms. The average Bonchev–Trinajstić information content (AvgIpc) is 2.47. The van der Waals surface area contributed by atoms with Crippen molar-refractivity contribution in [3.05, 3.63) is 21.9 Å². The molecular formula is C7H9N5O2. The molecule has 0 radical (unpaired) electrons. The van der Waals surface area contributed by atoms with Crippen LogP contribution in [0, 0.1) is 5.21 Å². The fraction of sp³-hybridized carbons (Fsp3) is 0.429. The zero-order valence-electron chi connectivity index (χ0n) is 7.76. The Balaban J connectivity index is 2.85. The van der Waals surface area contributed by atoms with E-state index < -0.39 is 5.56 Å². The van der Waals surface area contributed by atoms with Crippen LogP contribution in [0.3, 0.4) is 0 Å². The van der Waals surface area contributed by atoms with Crippen molar-refractivity contribution >= 4 is 11.2 Å². The Bertz CT molecular complexity index is 526. The number of rotatable bonds is 1. The van der Waals surface area contributed by atoms with Crippen LogP contribution >= 0.6 is 0 Å². The summed E-state index contributed by atoms with van der Waals surface area (Å²) in [5.41, 5.74) is -0.0334. The van der Waals surface area contributed by atoms with Crippen molar-refractivity contribution in [2.75, 3.05) is 0 Å². The van der Waals surface area contributed by atoms with Crippen molar-refractivity contribution in [1.82, 2.24) is 19.7 Å². The van der Waals surface area contributed by atoms with E-state index >= 15 is 0 Å². The summed E-state index contributed by atoms with van der Waals surface area (Å²) in [5.74, 6) is 0. The first-order valence-electron chi connectivity index (χ1n) is 4.16. The maximum Gasteiger partial charge on any atom is 0.331 e. The molecule has 2 aromatic heterocycles. The molecule has 0 aliphatic rings. The first-order valence-corrected chi connectivity index (χ1v) is 4.16. The van der Waals surface area contributed by atoms with Gasteiger partial charge >= 0.3 is 5.56 Å². The van der Waals surface area contributed by atoms with Crippen molar-refractivity contribution in [1.29, 1.82) is 0 Å². The van der Waals surface area contributed by atoms with Crippen molar-refractivity contribution < 1.29 is 4.96 Å². The van der Waals surface area contributed by atoms with Crippen LogP contribution in [-0.4, -0.2) is 19.7 Å². The molecule has 0 aliphatic carbocycles. The van der Waals surface area contributed by atoms with Crippen molar-refractivity contribution in [3.8, 4) is 0 Å². The summed E-state index contributed by atoms with van der Waals surface area (Å²) >= 11 is 0. The minimum atomic E-state index is -0.524. The van der Waals surface area contributed by atoms with Crippen LogP contribution in [0.25, 0.3) is 11.2 Å². The lowest BCUT2D eigenvalue weighted by molar-refractivity contribution is -0.727. The summed E-state index contributed by atoms with van der Waals surface area (Å²) in [4.78, 5) is 15.3. The molecule has 2 aromatic rings. The maximum atomic E-state index is 11.2. The third kappa shape index (κ3) is 1.13. The van der Waals surface area contributed by atoms with E-state index in [0.29, 0.717) is 5.65 Å². The highest BCUT2D eigenvalue weighted by Gasteiger charge is 2.13. The second-order valence-corrected chi connectivity index (χ2v) is 3.23. The molecule has 0 saturated carbocycles. The highest BCUT2D eigenvalue weighted by atomic mass is 16.5. The summed E-state index contributed by atoms with van der Waals surface area (Å²) in [6, 6.07) is 0.106. The van der Waals surface area contributed by atoms with Crippen molar-refractivity contribution in [2.24, 2.45) is 0 Å². The summed E-state index contributed by atoms with van der Waals surface area (Å²) in [7, 11) is 0. The van der Waals surface area contributed by atoms with Crippen LogP contribution in [0.15, 0.2) is 11.1 Å². The highest BCUT2D eigenvalue weighted by Crippen LogP contribution is 2.09. The SMILES string of the molecule is CC(C)n1cnc2c(=O)[nH][n+]([O-])nc21. The molecule has 0 saturated heterocycles. The summed E-state index contributed by atoms with van der Waals surface area (Å²) in [6.45, 7) is 3.83. The molecule has 0 aromatic carbocycles. The number of H-pyrrole nitrogens is 1. The van der Waals surface area contributed by atoms with Crippen LogP contribution in [-0.2, 0) is 0 Å². The van der Waals surface area contributed by atoms with E-state index in [-0.39, 0.29) is 16.5 Å². The van der Waals surface area contributed by atoms with E-state index in [4.69, 9.17) is 0 Å². The molecule has 0 aliphatic heterocycles. The Hall–Kier alpha value is -1.92. The number of nitrogens with zero attached hydrogens (tertiary/aromatic N) is 4. The summed E-state index contributed by atoms with van der Waals surface area (Å²) in [5, 5.41) is 16.5. The minimum absolute atomic E-state index is 0.106. The van der Waals surface area contributed by atoms with Gasteiger partial charge in [0.25, 0.3) is 0 Å². The lowest BCUT2D eigenvalue weighted by Crippen LogP contribution is -2.41. The maximum absolute atomic E-state index is 11.2. The first kappa shape index (κ1) is 8.67. The van der Waals surface area contributed by atoms with Gasteiger partial charge in [0.1, 0.15) is 0 Å². The van der Waals surface area contributed by atoms with Crippen LogP contribution in [0.1, 0.15) is 19.9 Å². The van der Waals surface area contributed by atoms with Gasteiger partial charge in [-0.05, 0) is 13.8 Å². The molecule has 7 heteroatoms. The van der Waals surface area contributed by atoms with Gasteiger partial charge in [0.05, 0.1) is 11.4 Å². The molecule has 74 valence electrons. The Morgan fingerprint density at radius 3 is 3.00 bits per heavy atom. The number of fused-ring (bicyclic) bond motifs is 1. The quantitative estimate of drug-likeness (QED) is 0.482. The summed E-state index contributed by atoms with van der Waals surface area (Å²) in [6.07, 6.45) is 1.50. The number of hydrogen-bond donors (Lipinski definition) is 1. The Kier molecular flexibility index (Phi) is 1.73. The van der Waals surface area contributed by atoms with Crippen molar-refractivity contribution in [3.63, 3.8) is 0 Å². The predicted octanol–water partition coefficient (Wildman–Crippen LogP) is -0.666. The van der Waals surface area contributed by atoms with E-state index in [0.717, 1.165) is 0 Å². The van der Waals surface area contributed by atoms with Gasteiger partial charge in [0.2, 0.25) is 5.65 Å². The standard InChI is InChI=1S/C7H9N5O2/c1-4(2)11-3-8-5-6(11)9-12(14)10-7(5)13/h3-4H,1-2H3,(H,9,10,13). The lowest BCUT2D eigenvalue weighted by Gasteiger charge is -2.04. The molecule has 0 fully saturated rings. The van der Waals surface area contributed by atoms with E-state index in [2.05, 4.69) is 10.1 Å². The number of aromatic amines is 1. The Morgan fingerprint density at radius 1 is 1.64 bits per heavy atom. The second-order valence-electron chi connectivity index (χ2n) is 3.23. The van der Waals surface area contributed by atoms with Gasteiger partial charge in [0, 0.05) is 11.0 Å². The fourth-order valence-corrected chi connectivity index (χ4v) is 1.24. The molecule has 2 heterocycles. The lowest BCUT2D eigenvalue weighted by atomic mass is 10.4. The Morgan fingerprint density at radius 2 is 2.36 bits per heavy atom. The summed E-state index contributed by atoms with van der Waals surface area (Å²) < 4.78 is 1.67. The second kappa shape index (κ2) is 2.79. The molecule has 0 bridgehead atoms. The van der Waals surface area contributed by atoms with E-state index in [1.54, 1.807) is 4.57 Å². The third-order valence-electron chi connectivity index (χ3n) is 1.92. The van der Waals surface area contributed by atoms with Crippen LogP contribution in [0.2, 0.25) is 0 Å². The highest BCUT2D eigenvalue weighted by molar-refractivity contribution is 5.67. The molecule has 0 amide bonds. The van der Waals surface area contributed by atoms with Gasteiger partial charge in [-0.3, -0.25) is 4.79 Å². The number of aromatic nitrogens is 5. The smallest absolute Gasteiger partial charge is 0.331 e. The third-order valence-corrected chi connectivity index (χ3v) is 1.92. The normalized spacial score (nSPS) is 11.4. The van der Waals surface area contributed by atoms with Gasteiger partial charge in [-0.15, -0.1) is 0 Å². The molecule has 0 atom stereocenters. The largest absolute Gasteiger partial charge is 0.571 e. The average molecular weight is 195 g/mol. The van der Waals surface area contributed by atoms with Gasteiger partial charge in [-0.25, -0.2) is 4.98 Å². The van der Waals surface area contributed by atoms with Gasteiger partial charge < -0.3 is 9.77 Å². The fourth-order valence-electron chi connectivity index (χ4n) is 1.24. The van der Waals surface area contributed by atoms with Gasteiger partial charge in [-0.2, -0.15) is 0 Å². The molecule has 1 N–H and O–H groups in total. The zero-order valence-corrected chi connectivity index (χ0v) is 7.76. The minimum Gasteiger partial charge on any atom is -0.571 e. The Labute approximate surface area is 78.6 Å². The number of hydrogen-bond acceptors (Lipinski definition) is 4. The zero-order chi connectivity index (χ0) is 10.3. The van der Waals surface area contributed by atoms with Crippen LogP contribution in [0.4, 0.5) is 0 Å². The van der Waals surface area contributed by atoms with E-state index in [1.807, 2.05) is 18.9 Å².